The molecule has 0 radical (unpaired) electrons. The van der Waals surface area contributed by atoms with Crippen LogP contribution < -0.4 is 38.5 Å². The van der Waals surface area contributed by atoms with Crippen LogP contribution in [0.15, 0.2) is 11.8 Å². The van der Waals surface area contributed by atoms with Crippen molar-refractivity contribution in [2.75, 3.05) is 46.4 Å². The number of amides is 1. The number of rotatable bonds is 11. The lowest BCUT2D eigenvalue weighted by Crippen LogP contribution is -2.69. The van der Waals surface area contributed by atoms with Crippen LogP contribution in [-0.4, -0.2) is 139 Å². The number of aliphatic hydroxyl groups excluding tert-OH is 3. The first-order chi connectivity index (χ1) is 20.5. The van der Waals surface area contributed by atoms with Gasteiger partial charge in [0.15, 0.2) is 6.29 Å². The van der Waals surface area contributed by atoms with Gasteiger partial charge in [-0.15, -0.1) is 0 Å². The van der Waals surface area contributed by atoms with Crippen molar-refractivity contribution in [2.45, 2.75) is 99.2 Å². The Morgan fingerprint density at radius 2 is 1.95 bits per heavy atom. The summed E-state index contributed by atoms with van der Waals surface area (Å²) in [5, 5.41) is 55.9. The fraction of sp³-hybridized carbons (Fsp3) is 0.893. The molecule has 0 aromatic carbocycles. The van der Waals surface area contributed by atoms with Crippen LogP contribution in [-0.2, 0) is 19.0 Å². The summed E-state index contributed by atoms with van der Waals surface area (Å²) in [6, 6.07) is -2.76. The highest BCUT2D eigenvalue weighted by molar-refractivity contribution is 5.81. The van der Waals surface area contributed by atoms with Gasteiger partial charge in [-0.05, 0) is 71.3 Å². The first kappa shape index (κ1) is 34.4. The molecule has 4 rings (SSSR count). The molecular weight excluding hydrogens is 562 g/mol. The lowest BCUT2D eigenvalue weighted by atomic mass is 9.72. The molecule has 0 spiro atoms. The molecule has 1 saturated carbocycles. The van der Waals surface area contributed by atoms with Gasteiger partial charge in [0.1, 0.15) is 35.8 Å². The van der Waals surface area contributed by atoms with Crippen molar-refractivity contribution in [2.24, 2.45) is 29.0 Å². The number of nitrogens with one attached hydrogen (secondary N) is 4. The predicted molar refractivity (Wildman–Crippen MR) is 157 cm³/mol. The van der Waals surface area contributed by atoms with E-state index in [1.54, 1.807) is 7.05 Å². The van der Waals surface area contributed by atoms with Crippen LogP contribution in [0.4, 0.5) is 0 Å². The van der Waals surface area contributed by atoms with Gasteiger partial charge in [-0.2, -0.15) is 0 Å². The van der Waals surface area contributed by atoms with E-state index in [0.29, 0.717) is 18.9 Å². The Hall–Kier alpha value is -1.47. The van der Waals surface area contributed by atoms with E-state index < -0.39 is 78.4 Å². The average molecular weight is 616 g/mol. The number of hydrogen-bond acceptors (Lipinski definition) is 14. The molecule has 0 aromatic rings. The third kappa shape index (κ3) is 8.23. The normalized spacial score (nSPS) is 41.7. The van der Waals surface area contributed by atoms with Gasteiger partial charge in [0, 0.05) is 24.5 Å². The summed E-state index contributed by atoms with van der Waals surface area (Å²) in [4.78, 5) is 12.6. The van der Waals surface area contributed by atoms with E-state index in [4.69, 9.17) is 31.4 Å². The molecule has 43 heavy (non-hydrogen) atoms. The Kier molecular flexibility index (Phi) is 12.2. The molecule has 3 aliphatic heterocycles. The molecule has 248 valence electrons. The summed E-state index contributed by atoms with van der Waals surface area (Å²) in [5.74, 6) is -0.104. The summed E-state index contributed by atoms with van der Waals surface area (Å²) < 4.78 is 18.2. The van der Waals surface area contributed by atoms with E-state index in [9.17, 15) is 25.2 Å². The largest absolute Gasteiger partial charge is 0.492 e. The first-order valence-electron chi connectivity index (χ1n) is 15.5. The molecule has 1 amide bonds. The number of nitrogens with two attached hydrogens (primary N) is 3. The van der Waals surface area contributed by atoms with Crippen molar-refractivity contribution in [3.05, 3.63) is 11.8 Å². The number of aliphatic hydroxyl groups is 4. The first-order valence-corrected chi connectivity index (χ1v) is 15.5. The number of ether oxygens (including phenoxy) is 3. The van der Waals surface area contributed by atoms with Gasteiger partial charge >= 0.3 is 0 Å². The fourth-order valence-corrected chi connectivity index (χ4v) is 6.83. The summed E-state index contributed by atoms with van der Waals surface area (Å²) in [5.41, 5.74) is 17.2. The van der Waals surface area contributed by atoms with Gasteiger partial charge in [-0.3, -0.25) is 4.79 Å². The standard InChI is InChI=1S/C28H53N7O8/c1-28(40)13-41-27(22(38)25(28)32-2)43-24-18(35-26(39)19(36)10-29)9-17(31)20(21(24)37)23-16(30)4-3-15(42-23)12-34-11-14-5-7-33-8-6-14/h3,14,16-25,27,32-34,36-38,40H,4-13,29-31H2,1-2H3,(H,35,39)/t16-,17+,18-,19+,20?,21+,22-,23+,24+,25-,27-,28+/m1/s1. The number of carbonyl (C=O) groups excluding carboxylic acids is 1. The van der Waals surface area contributed by atoms with Crippen LogP contribution in [0.3, 0.4) is 0 Å². The highest BCUT2D eigenvalue weighted by Crippen LogP contribution is 2.36. The topological polar surface area (TPSA) is 252 Å². The molecule has 0 aromatic heterocycles. The lowest BCUT2D eigenvalue weighted by Gasteiger charge is -2.50. The van der Waals surface area contributed by atoms with E-state index in [-0.39, 0.29) is 19.6 Å². The fourth-order valence-electron chi connectivity index (χ4n) is 6.83. The van der Waals surface area contributed by atoms with Crippen LogP contribution in [0.25, 0.3) is 0 Å². The molecular formula is C28H53N7O8. The smallest absolute Gasteiger partial charge is 0.250 e. The van der Waals surface area contributed by atoms with Gasteiger partial charge in [0.25, 0.3) is 0 Å². The zero-order valence-corrected chi connectivity index (χ0v) is 25.2. The second-order valence-electron chi connectivity index (χ2n) is 12.7. The molecule has 14 N–H and O–H groups in total. The summed E-state index contributed by atoms with van der Waals surface area (Å²) in [7, 11) is 1.60. The SMILES string of the molecule is CN[C@@H]1[C@@H](O)[C@@H](O[C@H]2[C@H](NC(=O)[C@@H](O)CN)C[C@H](N)C([C@H]3OC(CNCC4CCNCC4)=CC[C@H]3N)[C@@H]2O)OC[C@]1(C)O. The van der Waals surface area contributed by atoms with Crippen LogP contribution in [0.1, 0.15) is 32.6 Å². The second-order valence-corrected chi connectivity index (χ2v) is 12.7. The number of carbonyl (C=O) groups is 1. The Morgan fingerprint density at radius 1 is 1.23 bits per heavy atom. The molecule has 12 atom stereocenters. The quantitative estimate of drug-likeness (QED) is 0.105. The summed E-state index contributed by atoms with van der Waals surface area (Å²) in [6.45, 7) is 4.53. The Bertz CT molecular complexity index is 939. The maximum absolute atomic E-state index is 12.6. The van der Waals surface area contributed by atoms with Gasteiger partial charge < -0.3 is 73.1 Å². The molecule has 15 nitrogen and oxygen atoms in total. The lowest BCUT2D eigenvalue weighted by molar-refractivity contribution is -0.297. The van der Waals surface area contributed by atoms with Crippen molar-refractivity contribution in [1.82, 2.24) is 21.3 Å². The van der Waals surface area contributed by atoms with Crippen LogP contribution in [0, 0.1) is 11.8 Å². The van der Waals surface area contributed by atoms with Crippen LogP contribution in [0.2, 0.25) is 0 Å². The van der Waals surface area contributed by atoms with Crippen molar-refractivity contribution in [1.29, 1.82) is 0 Å². The minimum atomic E-state index is -1.47. The van der Waals surface area contributed by atoms with E-state index >= 15 is 0 Å². The Labute approximate surface area is 253 Å². The number of likely N-dealkylation sites (N-methyl/N-ethyl adjacent to an activating group) is 1. The molecule has 3 heterocycles. The van der Waals surface area contributed by atoms with E-state index in [2.05, 4.69) is 21.3 Å². The molecule has 0 bridgehead atoms. The monoisotopic (exact) mass is 615 g/mol. The minimum absolute atomic E-state index is 0.149. The molecule has 1 aliphatic carbocycles. The Morgan fingerprint density at radius 3 is 2.63 bits per heavy atom. The van der Waals surface area contributed by atoms with Crippen LogP contribution in [0.5, 0.6) is 0 Å². The van der Waals surface area contributed by atoms with Crippen LogP contribution >= 0.6 is 0 Å². The molecule has 3 fully saturated rings. The van der Waals surface area contributed by atoms with E-state index in [1.807, 2.05) is 6.08 Å². The number of piperidine rings is 1. The summed E-state index contributed by atoms with van der Waals surface area (Å²) >= 11 is 0. The average Bonchev–Trinajstić information content (AvgIpc) is 2.97. The number of hydrogen-bond donors (Lipinski definition) is 11. The van der Waals surface area contributed by atoms with E-state index in [1.165, 1.54) is 6.92 Å². The minimum Gasteiger partial charge on any atom is -0.492 e. The van der Waals surface area contributed by atoms with E-state index in [0.717, 1.165) is 38.2 Å². The highest BCUT2D eigenvalue weighted by Gasteiger charge is 2.53. The maximum atomic E-state index is 12.6. The zero-order chi connectivity index (χ0) is 31.3. The molecule has 15 heteroatoms. The van der Waals surface area contributed by atoms with Crippen molar-refractivity contribution in [3.8, 4) is 0 Å². The zero-order valence-electron chi connectivity index (χ0n) is 25.2. The predicted octanol–water partition coefficient (Wildman–Crippen LogP) is -4.47. The molecule has 4 aliphatic rings. The second kappa shape index (κ2) is 15.2. The van der Waals surface area contributed by atoms with Crippen molar-refractivity contribution < 1.29 is 39.4 Å². The van der Waals surface area contributed by atoms with Crippen molar-refractivity contribution in [3.63, 3.8) is 0 Å². The van der Waals surface area contributed by atoms with Gasteiger partial charge in [-0.1, -0.05) is 0 Å². The van der Waals surface area contributed by atoms with Gasteiger partial charge in [-0.25, -0.2) is 0 Å². The summed E-state index contributed by atoms with van der Waals surface area (Å²) in [6.07, 6.45) is -2.20. The molecule has 2 saturated heterocycles. The Balaban J connectivity index is 1.49. The maximum Gasteiger partial charge on any atom is 0.250 e. The third-order valence-corrected chi connectivity index (χ3v) is 9.33. The van der Waals surface area contributed by atoms with Gasteiger partial charge in [0.05, 0.1) is 31.3 Å². The van der Waals surface area contributed by atoms with Gasteiger partial charge in [0.2, 0.25) is 5.91 Å². The highest BCUT2D eigenvalue weighted by atomic mass is 16.7. The van der Waals surface area contributed by atoms with Crippen molar-refractivity contribution >= 4 is 5.91 Å². The third-order valence-electron chi connectivity index (χ3n) is 9.33. The molecule has 1 unspecified atom stereocenters.